The van der Waals surface area contributed by atoms with E-state index in [2.05, 4.69) is 10.3 Å². The molecule has 1 saturated heterocycles. The van der Waals surface area contributed by atoms with Crippen LogP contribution in [0.3, 0.4) is 0 Å². The highest BCUT2D eigenvalue weighted by Crippen LogP contribution is 2.11. The summed E-state index contributed by atoms with van der Waals surface area (Å²) in [5.41, 5.74) is 2.73. The van der Waals surface area contributed by atoms with Crippen LogP contribution in [0.2, 0.25) is 0 Å². The Morgan fingerprint density at radius 1 is 1.59 bits per heavy atom. The number of sulfone groups is 1. The summed E-state index contributed by atoms with van der Waals surface area (Å²) >= 11 is 0. The molecule has 1 aliphatic heterocycles. The van der Waals surface area contributed by atoms with Gasteiger partial charge < -0.3 is 9.64 Å². The van der Waals surface area contributed by atoms with Crippen LogP contribution >= 0.6 is 0 Å². The quantitative estimate of drug-likeness (QED) is 0.472. The fraction of sp³-hybridized carbons (Fsp3) is 1.00. The molecule has 3 N–H and O–H groups in total. The second-order valence-corrected chi connectivity index (χ2v) is 6.98. The molecule has 1 fully saturated rings. The van der Waals surface area contributed by atoms with Crippen molar-refractivity contribution in [2.45, 2.75) is 25.0 Å². The molecule has 0 aromatic heterocycles. The van der Waals surface area contributed by atoms with Gasteiger partial charge in [0, 0.05) is 31.1 Å². The molecule has 0 amide bonds. The molecular weight excluding hydrogens is 242 g/mol. The van der Waals surface area contributed by atoms with Gasteiger partial charge in [0.25, 0.3) is 0 Å². The first-order chi connectivity index (χ1) is 7.92. The zero-order valence-corrected chi connectivity index (χ0v) is 11.4. The lowest BCUT2D eigenvalue weighted by Gasteiger charge is -2.34. The predicted octanol–water partition coefficient (Wildman–Crippen LogP) is -1.03. The van der Waals surface area contributed by atoms with Gasteiger partial charge in [-0.1, -0.05) is 0 Å². The SMILES string of the molecule is CN1CCOC(C(CCCS(C)(=O)=O)NN)C1. The van der Waals surface area contributed by atoms with Crippen LogP contribution in [0.4, 0.5) is 0 Å². The molecule has 2 atom stereocenters. The monoisotopic (exact) mass is 265 g/mol. The second-order valence-electron chi connectivity index (χ2n) is 4.72. The Kier molecular flexibility index (Phi) is 5.81. The first-order valence-electron chi connectivity index (χ1n) is 5.86. The Morgan fingerprint density at radius 3 is 2.82 bits per heavy atom. The summed E-state index contributed by atoms with van der Waals surface area (Å²) in [6, 6.07) is 0.0134. The topological polar surface area (TPSA) is 84.7 Å². The van der Waals surface area contributed by atoms with Crippen LogP contribution in [0, 0.1) is 0 Å². The molecule has 1 heterocycles. The Morgan fingerprint density at radius 2 is 2.29 bits per heavy atom. The van der Waals surface area contributed by atoms with Crippen LogP contribution < -0.4 is 11.3 Å². The van der Waals surface area contributed by atoms with E-state index in [1.54, 1.807) is 0 Å². The van der Waals surface area contributed by atoms with Crippen LogP contribution in [-0.2, 0) is 14.6 Å². The molecule has 7 heteroatoms. The molecule has 0 spiro atoms. The van der Waals surface area contributed by atoms with Crippen molar-refractivity contribution >= 4 is 9.84 Å². The zero-order chi connectivity index (χ0) is 12.9. The number of hydrogen-bond donors (Lipinski definition) is 2. The third-order valence-electron chi connectivity index (χ3n) is 2.99. The smallest absolute Gasteiger partial charge is 0.147 e. The van der Waals surface area contributed by atoms with Crippen molar-refractivity contribution < 1.29 is 13.2 Å². The van der Waals surface area contributed by atoms with Gasteiger partial charge in [0.05, 0.1) is 12.7 Å². The Balaban J connectivity index is 2.37. The van der Waals surface area contributed by atoms with Crippen molar-refractivity contribution in [2.24, 2.45) is 5.84 Å². The molecule has 1 rings (SSSR count). The van der Waals surface area contributed by atoms with Crippen molar-refractivity contribution in [3.05, 3.63) is 0 Å². The van der Waals surface area contributed by atoms with Crippen molar-refractivity contribution in [1.29, 1.82) is 0 Å². The first-order valence-corrected chi connectivity index (χ1v) is 7.92. The van der Waals surface area contributed by atoms with Crippen LogP contribution in [0.15, 0.2) is 0 Å². The molecule has 17 heavy (non-hydrogen) atoms. The maximum Gasteiger partial charge on any atom is 0.147 e. The minimum absolute atomic E-state index is 0.0134. The molecule has 102 valence electrons. The summed E-state index contributed by atoms with van der Waals surface area (Å²) in [4.78, 5) is 2.19. The van der Waals surface area contributed by atoms with Gasteiger partial charge in [0.2, 0.25) is 0 Å². The van der Waals surface area contributed by atoms with Gasteiger partial charge in [-0.25, -0.2) is 8.42 Å². The van der Waals surface area contributed by atoms with Gasteiger partial charge in [-0.3, -0.25) is 11.3 Å². The molecule has 0 aromatic carbocycles. The molecule has 0 aromatic rings. The maximum absolute atomic E-state index is 11.0. The number of hydrogen-bond acceptors (Lipinski definition) is 6. The van der Waals surface area contributed by atoms with Crippen LogP contribution in [0.5, 0.6) is 0 Å². The number of hydrazine groups is 1. The Hall–Kier alpha value is -0.210. The predicted molar refractivity (Wildman–Crippen MR) is 67.3 cm³/mol. The van der Waals surface area contributed by atoms with E-state index in [1.807, 2.05) is 7.05 Å². The van der Waals surface area contributed by atoms with Gasteiger partial charge in [-0.15, -0.1) is 0 Å². The summed E-state index contributed by atoms with van der Waals surface area (Å²) < 4.78 is 27.7. The summed E-state index contributed by atoms with van der Waals surface area (Å²) in [5, 5.41) is 0. The van der Waals surface area contributed by atoms with Gasteiger partial charge in [0.15, 0.2) is 0 Å². The minimum atomic E-state index is -2.89. The van der Waals surface area contributed by atoms with Crippen LogP contribution in [0.25, 0.3) is 0 Å². The number of nitrogens with one attached hydrogen (secondary N) is 1. The molecule has 2 unspecified atom stereocenters. The van der Waals surface area contributed by atoms with Crippen molar-refractivity contribution in [3.8, 4) is 0 Å². The summed E-state index contributed by atoms with van der Waals surface area (Å²) in [7, 11) is -0.848. The number of morpholine rings is 1. The highest BCUT2D eigenvalue weighted by Gasteiger charge is 2.25. The van der Waals surface area contributed by atoms with Crippen LogP contribution in [0.1, 0.15) is 12.8 Å². The summed E-state index contributed by atoms with van der Waals surface area (Å²) in [6.45, 7) is 2.45. The van der Waals surface area contributed by atoms with E-state index < -0.39 is 9.84 Å². The van der Waals surface area contributed by atoms with Gasteiger partial charge in [-0.2, -0.15) is 0 Å². The van der Waals surface area contributed by atoms with E-state index in [4.69, 9.17) is 10.6 Å². The van der Waals surface area contributed by atoms with Crippen molar-refractivity contribution in [3.63, 3.8) is 0 Å². The Bertz CT molecular complexity index is 321. The molecule has 0 bridgehead atoms. The average Bonchev–Trinajstić information content (AvgIpc) is 2.23. The van der Waals surface area contributed by atoms with E-state index in [0.29, 0.717) is 19.4 Å². The lowest BCUT2D eigenvalue weighted by molar-refractivity contribution is -0.0399. The van der Waals surface area contributed by atoms with E-state index in [-0.39, 0.29) is 17.9 Å². The van der Waals surface area contributed by atoms with E-state index in [9.17, 15) is 8.42 Å². The first kappa shape index (κ1) is 14.8. The number of nitrogens with zero attached hydrogens (tertiary/aromatic N) is 1. The van der Waals surface area contributed by atoms with Crippen molar-refractivity contribution in [1.82, 2.24) is 10.3 Å². The van der Waals surface area contributed by atoms with Gasteiger partial charge >= 0.3 is 0 Å². The molecule has 0 saturated carbocycles. The molecule has 0 radical (unpaired) electrons. The van der Waals surface area contributed by atoms with E-state index in [1.165, 1.54) is 6.26 Å². The fourth-order valence-electron chi connectivity index (χ4n) is 2.00. The highest BCUT2D eigenvalue weighted by atomic mass is 32.2. The third-order valence-corrected chi connectivity index (χ3v) is 4.02. The Labute approximate surface area is 103 Å². The normalized spacial score (nSPS) is 24.8. The largest absolute Gasteiger partial charge is 0.374 e. The fourth-order valence-corrected chi connectivity index (χ4v) is 2.69. The number of ether oxygens (including phenoxy) is 1. The maximum atomic E-state index is 11.0. The van der Waals surface area contributed by atoms with E-state index in [0.717, 1.165) is 13.1 Å². The van der Waals surface area contributed by atoms with Crippen molar-refractivity contribution in [2.75, 3.05) is 38.8 Å². The third kappa shape index (κ3) is 5.78. The lowest BCUT2D eigenvalue weighted by Crippen LogP contribution is -2.53. The van der Waals surface area contributed by atoms with E-state index >= 15 is 0 Å². The standard InChI is InChI=1S/C10H23N3O3S/c1-13-5-6-16-10(8-13)9(12-11)4-3-7-17(2,14)15/h9-10,12H,3-8,11H2,1-2H3. The highest BCUT2D eigenvalue weighted by molar-refractivity contribution is 7.90. The molecule has 0 aliphatic carbocycles. The zero-order valence-electron chi connectivity index (χ0n) is 10.6. The second kappa shape index (κ2) is 6.65. The lowest BCUT2D eigenvalue weighted by atomic mass is 10.1. The minimum Gasteiger partial charge on any atom is -0.374 e. The van der Waals surface area contributed by atoms with Gasteiger partial charge in [-0.05, 0) is 19.9 Å². The summed E-state index contributed by atoms with van der Waals surface area (Å²) in [6.07, 6.45) is 2.61. The molecule has 1 aliphatic rings. The summed E-state index contributed by atoms with van der Waals surface area (Å²) in [5.74, 6) is 5.70. The number of nitrogens with two attached hydrogens (primary N) is 1. The molecular formula is C10H23N3O3S. The average molecular weight is 265 g/mol. The molecule has 6 nitrogen and oxygen atoms in total. The number of rotatable bonds is 6. The number of likely N-dealkylation sites (N-methyl/N-ethyl adjacent to an activating group) is 1. The van der Waals surface area contributed by atoms with Gasteiger partial charge in [0.1, 0.15) is 9.84 Å². The van der Waals surface area contributed by atoms with Crippen LogP contribution in [-0.4, -0.2) is 64.2 Å².